The van der Waals surface area contributed by atoms with Crippen molar-refractivity contribution in [2.24, 2.45) is 5.73 Å². The van der Waals surface area contributed by atoms with Crippen LogP contribution in [0.2, 0.25) is 0 Å². The van der Waals surface area contributed by atoms with Crippen LogP contribution in [-0.2, 0) is 18.6 Å². The summed E-state index contributed by atoms with van der Waals surface area (Å²) >= 11 is 0. The Balaban J connectivity index is 0.000000415. The van der Waals surface area contributed by atoms with Gasteiger partial charge < -0.3 is 20.6 Å². The summed E-state index contributed by atoms with van der Waals surface area (Å²) in [4.78, 5) is 10.2. The first-order chi connectivity index (χ1) is 11.9. The second-order valence-corrected chi connectivity index (χ2v) is 6.02. The van der Waals surface area contributed by atoms with Gasteiger partial charge in [0.1, 0.15) is 5.75 Å². The number of nitrogens with one attached hydrogen (secondary N) is 1. The largest absolute Gasteiger partial charge is 0.480 e. The van der Waals surface area contributed by atoms with Crippen molar-refractivity contribution >= 4 is 5.96 Å². The molecule has 4 N–H and O–H groups in total. The van der Waals surface area contributed by atoms with Crippen LogP contribution in [0.25, 0.3) is 0 Å². The molecule has 0 saturated heterocycles. The van der Waals surface area contributed by atoms with E-state index in [1.54, 1.807) is 0 Å². The fourth-order valence-electron chi connectivity index (χ4n) is 3.47. The number of nitrogens with zero attached hydrogens (tertiary/aromatic N) is 2. The molecule has 1 spiro atoms. The highest BCUT2D eigenvalue weighted by molar-refractivity contribution is 5.75. The number of nitrogens with two attached hydrogens (primary N) is 1. The molecule has 0 fully saturated rings. The Morgan fingerprint density at radius 3 is 2.48 bits per heavy atom. The topological polar surface area (TPSA) is 126 Å². The summed E-state index contributed by atoms with van der Waals surface area (Å²) in [5.41, 5.74) is 8.94. The third-order valence-corrected chi connectivity index (χ3v) is 4.41. The predicted molar refractivity (Wildman–Crippen MR) is 90.0 cm³/mol. The van der Waals surface area contributed by atoms with E-state index in [1.807, 2.05) is 29.2 Å². The Morgan fingerprint density at radius 1 is 1.24 bits per heavy atom. The van der Waals surface area contributed by atoms with Gasteiger partial charge >= 0.3 is 0 Å². The molecular weight excluding hydrogens is 324 g/mol. The Bertz CT molecular complexity index is 795. The van der Waals surface area contributed by atoms with Crippen LogP contribution in [0.3, 0.4) is 0 Å². The minimum absolute atomic E-state index is 0.100. The zero-order chi connectivity index (χ0) is 18.0. The number of hydrogen-bond donors (Lipinski definition) is 3. The molecule has 0 amide bonds. The van der Waals surface area contributed by atoms with Crippen LogP contribution < -0.4 is 10.5 Å². The molecule has 2 aromatic carbocycles. The van der Waals surface area contributed by atoms with Crippen molar-refractivity contribution in [3.8, 4) is 5.75 Å². The average Bonchev–Trinajstić information content (AvgIpc) is 2.92. The number of ether oxygens (including phenoxy) is 1. The van der Waals surface area contributed by atoms with Crippen molar-refractivity contribution in [1.82, 2.24) is 4.90 Å². The second-order valence-electron chi connectivity index (χ2n) is 6.02. The maximum atomic E-state index is 8.36. The monoisotopic (exact) mass is 342 g/mol. The molecule has 8 heteroatoms. The number of fused-ring (bicyclic) bond motifs is 3. The second kappa shape index (κ2) is 6.31. The quantitative estimate of drug-likeness (QED) is 0.290. The number of guanidine groups is 1. The van der Waals surface area contributed by atoms with Gasteiger partial charge in [-0.15, -0.1) is 10.1 Å². The zero-order valence-corrected chi connectivity index (χ0v) is 13.4. The van der Waals surface area contributed by atoms with Gasteiger partial charge in [0.05, 0.1) is 6.54 Å². The van der Waals surface area contributed by atoms with Gasteiger partial charge in [-0.3, -0.25) is 5.41 Å². The van der Waals surface area contributed by atoms with E-state index < -0.39 is 10.7 Å². The lowest BCUT2D eigenvalue weighted by atomic mass is 9.82. The molecule has 130 valence electrons. The van der Waals surface area contributed by atoms with Crippen LogP contribution in [0.15, 0.2) is 48.5 Å². The van der Waals surface area contributed by atoms with E-state index in [0.29, 0.717) is 13.1 Å². The van der Waals surface area contributed by atoms with E-state index in [1.165, 1.54) is 16.7 Å². The molecule has 0 aromatic heterocycles. The maximum Gasteiger partial charge on any atom is 0.291 e. The minimum atomic E-state index is -1.50. The summed E-state index contributed by atoms with van der Waals surface area (Å²) in [5, 5.41) is 21.4. The van der Waals surface area contributed by atoms with Gasteiger partial charge in [0.25, 0.3) is 5.09 Å². The van der Waals surface area contributed by atoms with Crippen molar-refractivity contribution in [2.45, 2.75) is 18.6 Å². The van der Waals surface area contributed by atoms with E-state index in [9.17, 15) is 0 Å². The van der Waals surface area contributed by atoms with E-state index >= 15 is 0 Å². The van der Waals surface area contributed by atoms with Gasteiger partial charge in [-0.2, -0.15) is 0 Å². The summed E-state index contributed by atoms with van der Waals surface area (Å²) in [6, 6.07) is 16.5. The first-order valence-electron chi connectivity index (χ1n) is 7.69. The first kappa shape index (κ1) is 16.6. The van der Waals surface area contributed by atoms with Crippen LogP contribution in [0.5, 0.6) is 5.75 Å². The Labute approximate surface area is 144 Å². The van der Waals surface area contributed by atoms with Crippen molar-refractivity contribution in [1.29, 1.82) is 5.41 Å². The first-order valence-corrected chi connectivity index (χ1v) is 7.69. The molecular formula is C17H18N4O4. The summed E-state index contributed by atoms with van der Waals surface area (Å²) in [5.74, 6) is 1.04. The summed E-state index contributed by atoms with van der Waals surface area (Å²) < 4.78 is 6.35. The molecule has 2 heterocycles. The van der Waals surface area contributed by atoms with Crippen LogP contribution in [0, 0.1) is 15.5 Å². The lowest BCUT2D eigenvalue weighted by molar-refractivity contribution is -0.742. The molecule has 0 radical (unpaired) electrons. The van der Waals surface area contributed by atoms with Crippen molar-refractivity contribution in [2.75, 3.05) is 6.54 Å². The van der Waals surface area contributed by atoms with Gasteiger partial charge in [0, 0.05) is 18.5 Å². The average molecular weight is 342 g/mol. The SMILES string of the molecule is N=C(N)N1Cc2ccccc2C2(Cc3ccccc3O2)C1.O=[N+]([O-])O. The van der Waals surface area contributed by atoms with Crippen molar-refractivity contribution in [3.05, 3.63) is 75.3 Å². The lowest BCUT2D eigenvalue weighted by Crippen LogP contribution is -2.52. The van der Waals surface area contributed by atoms with E-state index in [2.05, 4.69) is 24.3 Å². The third kappa shape index (κ3) is 3.18. The van der Waals surface area contributed by atoms with Gasteiger partial charge in [-0.05, 0) is 17.2 Å². The molecule has 1 atom stereocenters. The smallest absolute Gasteiger partial charge is 0.291 e. The summed E-state index contributed by atoms with van der Waals surface area (Å²) in [7, 11) is 0. The molecule has 0 aliphatic carbocycles. The van der Waals surface area contributed by atoms with Crippen LogP contribution in [0.1, 0.15) is 16.7 Å². The standard InChI is InChI=1S/C17H17N3O.HNO3/c18-16(19)20-10-13-6-1-3-7-14(13)17(11-20)9-12-5-2-4-8-15(12)21-17;2-1(3)4/h1-8H,9-11H2,(H3,18,19);(H,2,3,4). The van der Waals surface area contributed by atoms with Gasteiger partial charge in [-0.1, -0.05) is 42.5 Å². The fraction of sp³-hybridized carbons (Fsp3) is 0.235. The van der Waals surface area contributed by atoms with E-state index in [-0.39, 0.29) is 5.96 Å². The third-order valence-electron chi connectivity index (χ3n) is 4.41. The summed E-state index contributed by atoms with van der Waals surface area (Å²) in [6.45, 7) is 1.29. The highest BCUT2D eigenvalue weighted by Crippen LogP contribution is 2.45. The maximum absolute atomic E-state index is 8.36. The molecule has 2 aliphatic rings. The Morgan fingerprint density at radius 2 is 1.84 bits per heavy atom. The van der Waals surface area contributed by atoms with Crippen LogP contribution >= 0.6 is 0 Å². The molecule has 0 saturated carbocycles. The number of rotatable bonds is 0. The van der Waals surface area contributed by atoms with Gasteiger partial charge in [0.2, 0.25) is 0 Å². The Kier molecular flexibility index (Phi) is 4.18. The van der Waals surface area contributed by atoms with Gasteiger partial charge in [0.15, 0.2) is 11.6 Å². The molecule has 1 unspecified atom stereocenters. The number of para-hydroxylation sites is 1. The van der Waals surface area contributed by atoms with Gasteiger partial charge in [-0.25, -0.2) is 0 Å². The predicted octanol–water partition coefficient (Wildman–Crippen LogP) is 1.88. The molecule has 8 nitrogen and oxygen atoms in total. The number of hydrogen-bond acceptors (Lipinski definition) is 4. The summed E-state index contributed by atoms with van der Waals surface area (Å²) in [6.07, 6.45) is 0.823. The molecule has 4 rings (SSSR count). The van der Waals surface area contributed by atoms with Crippen molar-refractivity contribution < 1.29 is 15.0 Å². The van der Waals surface area contributed by atoms with E-state index in [0.717, 1.165) is 12.2 Å². The zero-order valence-electron chi connectivity index (χ0n) is 13.4. The normalized spacial score (nSPS) is 19.9. The molecule has 0 bridgehead atoms. The van der Waals surface area contributed by atoms with Crippen molar-refractivity contribution in [3.63, 3.8) is 0 Å². The van der Waals surface area contributed by atoms with E-state index in [4.69, 9.17) is 31.2 Å². The van der Waals surface area contributed by atoms with Crippen LogP contribution in [-0.4, -0.2) is 27.7 Å². The number of benzene rings is 2. The highest BCUT2D eigenvalue weighted by Gasteiger charge is 2.46. The molecule has 25 heavy (non-hydrogen) atoms. The highest BCUT2D eigenvalue weighted by atomic mass is 16.9. The lowest BCUT2D eigenvalue weighted by Gasteiger charge is -2.41. The fourth-order valence-corrected chi connectivity index (χ4v) is 3.47. The minimum Gasteiger partial charge on any atom is -0.480 e. The molecule has 2 aromatic rings. The Hall–Kier alpha value is -3.29. The van der Waals surface area contributed by atoms with Crippen LogP contribution in [0.4, 0.5) is 0 Å². The molecule has 2 aliphatic heterocycles.